The largest absolute Gasteiger partial charge is 0.496 e. The van der Waals surface area contributed by atoms with Gasteiger partial charge in [0.1, 0.15) is 5.75 Å². The Bertz CT molecular complexity index is 464. The number of rotatable bonds is 3. The van der Waals surface area contributed by atoms with Gasteiger partial charge in [-0.3, -0.25) is 0 Å². The number of hydrogen-bond acceptors (Lipinski definition) is 4. The van der Waals surface area contributed by atoms with Crippen LogP contribution >= 0.6 is 12.6 Å². The maximum absolute atomic E-state index is 11.7. The van der Waals surface area contributed by atoms with E-state index in [0.717, 1.165) is 5.56 Å². The Balaban J connectivity index is 3.41. The summed E-state index contributed by atoms with van der Waals surface area (Å²) in [5.74, 6) is 0.700. The number of benzene rings is 1. The van der Waals surface area contributed by atoms with Gasteiger partial charge in [0.2, 0.25) is 0 Å². The lowest BCUT2D eigenvalue weighted by atomic mass is 10.1. The van der Waals surface area contributed by atoms with Gasteiger partial charge >= 0.3 is 0 Å². The summed E-state index contributed by atoms with van der Waals surface area (Å²) in [5, 5.41) is -0.181. The minimum atomic E-state index is -3.27. The van der Waals surface area contributed by atoms with E-state index in [1.807, 2.05) is 6.92 Å². The molecule has 0 unspecified atom stereocenters. The fourth-order valence-electron chi connectivity index (χ4n) is 1.39. The second kappa shape index (κ2) is 4.45. The summed E-state index contributed by atoms with van der Waals surface area (Å²) in [6.45, 7) is 3.56. The van der Waals surface area contributed by atoms with Crippen molar-refractivity contribution in [3.05, 3.63) is 23.3 Å². The highest BCUT2D eigenvalue weighted by Crippen LogP contribution is 2.26. The van der Waals surface area contributed by atoms with E-state index in [9.17, 15) is 8.42 Å². The van der Waals surface area contributed by atoms with Crippen LogP contribution in [0, 0.1) is 13.8 Å². The molecule has 0 heterocycles. The fraction of sp³-hybridized carbons (Fsp3) is 0.400. The van der Waals surface area contributed by atoms with Crippen molar-refractivity contribution in [3.63, 3.8) is 0 Å². The lowest BCUT2D eigenvalue weighted by molar-refractivity contribution is 0.411. The first-order valence-electron chi connectivity index (χ1n) is 4.41. The Morgan fingerprint density at radius 1 is 1.27 bits per heavy atom. The second-order valence-corrected chi connectivity index (χ2v) is 6.03. The third kappa shape index (κ3) is 2.46. The van der Waals surface area contributed by atoms with E-state index in [4.69, 9.17) is 4.74 Å². The molecule has 5 heteroatoms. The number of sulfone groups is 1. The molecule has 0 bridgehead atoms. The van der Waals surface area contributed by atoms with E-state index in [1.54, 1.807) is 26.2 Å². The molecule has 0 aliphatic carbocycles. The first-order chi connectivity index (χ1) is 6.92. The molecule has 0 spiro atoms. The van der Waals surface area contributed by atoms with Crippen molar-refractivity contribution < 1.29 is 13.2 Å². The molecule has 1 rings (SSSR count). The maximum Gasteiger partial charge on any atom is 0.187 e. The molecule has 0 fully saturated rings. The Morgan fingerprint density at radius 3 is 2.33 bits per heavy atom. The minimum absolute atomic E-state index is 0.181. The van der Waals surface area contributed by atoms with Crippen LogP contribution in [0.5, 0.6) is 5.75 Å². The smallest absolute Gasteiger partial charge is 0.187 e. The van der Waals surface area contributed by atoms with E-state index in [-0.39, 0.29) is 5.08 Å². The zero-order chi connectivity index (χ0) is 11.6. The number of hydrogen-bond donors (Lipinski definition) is 1. The van der Waals surface area contributed by atoms with Crippen LogP contribution in [0.15, 0.2) is 17.0 Å². The molecule has 0 N–H and O–H groups in total. The summed E-state index contributed by atoms with van der Waals surface area (Å²) in [6.07, 6.45) is 0. The monoisotopic (exact) mass is 246 g/mol. The Hall–Kier alpha value is -0.680. The van der Waals surface area contributed by atoms with Gasteiger partial charge in [0.05, 0.1) is 17.1 Å². The molecule has 3 nitrogen and oxygen atoms in total. The standard InChI is InChI=1S/C10H14O3S2/c1-7-5-10(15(11,12)6-14)8(2)4-9(7)13-3/h4-5,14H,6H2,1-3H3. The van der Waals surface area contributed by atoms with Gasteiger partial charge in [0.15, 0.2) is 9.84 Å². The van der Waals surface area contributed by atoms with Gasteiger partial charge in [0.25, 0.3) is 0 Å². The van der Waals surface area contributed by atoms with Crippen molar-refractivity contribution in [1.82, 2.24) is 0 Å². The van der Waals surface area contributed by atoms with Crippen molar-refractivity contribution in [1.29, 1.82) is 0 Å². The van der Waals surface area contributed by atoms with Gasteiger partial charge in [0, 0.05) is 0 Å². The number of ether oxygens (including phenoxy) is 1. The zero-order valence-corrected chi connectivity index (χ0v) is 10.7. The fourth-order valence-corrected chi connectivity index (χ4v) is 2.85. The van der Waals surface area contributed by atoms with Gasteiger partial charge in [-0.25, -0.2) is 8.42 Å². The van der Waals surface area contributed by atoms with Crippen molar-refractivity contribution in [2.24, 2.45) is 0 Å². The lowest BCUT2D eigenvalue weighted by Crippen LogP contribution is -2.05. The summed E-state index contributed by atoms with van der Waals surface area (Å²) in [7, 11) is -1.70. The van der Waals surface area contributed by atoms with Crippen LogP contribution in [0.25, 0.3) is 0 Å². The average Bonchev–Trinajstić information content (AvgIpc) is 2.20. The number of aryl methyl sites for hydroxylation is 2. The summed E-state index contributed by atoms with van der Waals surface area (Å²) in [6, 6.07) is 3.35. The van der Waals surface area contributed by atoms with Crippen LogP contribution in [-0.4, -0.2) is 20.6 Å². The zero-order valence-electron chi connectivity index (χ0n) is 8.94. The molecule has 0 aliphatic rings. The first kappa shape index (κ1) is 12.4. The highest BCUT2D eigenvalue weighted by Gasteiger charge is 2.16. The SMILES string of the molecule is COc1cc(C)c(S(=O)(=O)CS)cc1C. The molecular formula is C10H14O3S2. The summed E-state index contributed by atoms with van der Waals surface area (Å²) >= 11 is 3.82. The molecule has 15 heavy (non-hydrogen) atoms. The Labute approximate surface area is 95.8 Å². The van der Waals surface area contributed by atoms with Crippen LogP contribution in [0.3, 0.4) is 0 Å². The molecular weight excluding hydrogens is 232 g/mol. The van der Waals surface area contributed by atoms with Gasteiger partial charge in [-0.1, -0.05) is 0 Å². The maximum atomic E-state index is 11.7. The lowest BCUT2D eigenvalue weighted by Gasteiger charge is -2.10. The molecule has 84 valence electrons. The normalized spacial score (nSPS) is 11.5. The van der Waals surface area contributed by atoms with Crippen molar-refractivity contribution >= 4 is 22.5 Å². The van der Waals surface area contributed by atoms with Crippen molar-refractivity contribution in [2.75, 3.05) is 12.2 Å². The summed E-state index contributed by atoms with van der Waals surface area (Å²) < 4.78 is 28.4. The van der Waals surface area contributed by atoms with Crippen molar-refractivity contribution in [3.8, 4) is 5.75 Å². The van der Waals surface area contributed by atoms with Crippen molar-refractivity contribution in [2.45, 2.75) is 18.7 Å². The Morgan fingerprint density at radius 2 is 1.87 bits per heavy atom. The van der Waals surface area contributed by atoms with E-state index < -0.39 is 9.84 Å². The molecule has 0 amide bonds. The van der Waals surface area contributed by atoms with Crippen LogP contribution in [-0.2, 0) is 9.84 Å². The third-order valence-electron chi connectivity index (χ3n) is 2.20. The van der Waals surface area contributed by atoms with Gasteiger partial charge in [-0.2, -0.15) is 12.6 Å². The predicted octanol–water partition coefficient (Wildman–Crippen LogP) is 1.97. The first-order valence-corrected chi connectivity index (χ1v) is 6.69. The summed E-state index contributed by atoms with van der Waals surface area (Å²) in [4.78, 5) is 0.329. The summed E-state index contributed by atoms with van der Waals surface area (Å²) in [5.41, 5.74) is 1.50. The molecule has 1 aromatic rings. The topological polar surface area (TPSA) is 43.4 Å². The quantitative estimate of drug-likeness (QED) is 0.829. The molecule has 1 aromatic carbocycles. The van der Waals surface area contributed by atoms with E-state index in [0.29, 0.717) is 16.2 Å². The third-order valence-corrected chi connectivity index (χ3v) is 4.67. The van der Waals surface area contributed by atoms with Crippen LogP contribution < -0.4 is 4.74 Å². The number of methoxy groups -OCH3 is 1. The van der Waals surface area contributed by atoms with E-state index in [2.05, 4.69) is 12.6 Å². The molecule has 0 saturated heterocycles. The number of thiol groups is 1. The molecule has 0 saturated carbocycles. The molecule has 0 aliphatic heterocycles. The van der Waals surface area contributed by atoms with Gasteiger partial charge < -0.3 is 4.74 Å². The highest BCUT2D eigenvalue weighted by molar-refractivity contribution is 8.03. The molecule has 0 aromatic heterocycles. The van der Waals surface area contributed by atoms with Crippen LogP contribution in [0.1, 0.15) is 11.1 Å². The van der Waals surface area contributed by atoms with E-state index >= 15 is 0 Å². The van der Waals surface area contributed by atoms with Gasteiger partial charge in [-0.15, -0.1) is 0 Å². The van der Waals surface area contributed by atoms with Crippen LogP contribution in [0.4, 0.5) is 0 Å². The molecule has 0 atom stereocenters. The van der Waals surface area contributed by atoms with Crippen LogP contribution in [0.2, 0.25) is 0 Å². The Kier molecular flexibility index (Phi) is 3.67. The van der Waals surface area contributed by atoms with Gasteiger partial charge in [-0.05, 0) is 37.1 Å². The molecule has 0 radical (unpaired) electrons. The second-order valence-electron chi connectivity index (χ2n) is 3.33. The minimum Gasteiger partial charge on any atom is -0.496 e. The highest BCUT2D eigenvalue weighted by atomic mass is 32.2. The average molecular weight is 246 g/mol. The van der Waals surface area contributed by atoms with E-state index in [1.165, 1.54) is 0 Å². The predicted molar refractivity (Wildman–Crippen MR) is 63.5 cm³/mol.